The maximum atomic E-state index is 5.90. The number of hydrogen-bond acceptors (Lipinski definition) is 1. The van der Waals surface area contributed by atoms with Gasteiger partial charge in [0, 0.05) is 11.1 Å². The van der Waals surface area contributed by atoms with Crippen LogP contribution >= 0.6 is 11.6 Å². The molecule has 2 aromatic carbocycles. The zero-order valence-corrected chi connectivity index (χ0v) is 12.7. The van der Waals surface area contributed by atoms with Crippen molar-refractivity contribution in [2.45, 2.75) is 32.2 Å². The van der Waals surface area contributed by atoms with Crippen molar-refractivity contribution in [1.29, 1.82) is 0 Å². The van der Waals surface area contributed by atoms with Crippen molar-refractivity contribution in [2.75, 3.05) is 6.54 Å². The fourth-order valence-corrected chi connectivity index (χ4v) is 2.53. The molecule has 0 aliphatic heterocycles. The van der Waals surface area contributed by atoms with Gasteiger partial charge in [-0.2, -0.15) is 0 Å². The fourth-order valence-electron chi connectivity index (χ4n) is 2.40. The van der Waals surface area contributed by atoms with E-state index in [1.807, 2.05) is 12.1 Å². The highest BCUT2D eigenvalue weighted by Gasteiger charge is 2.08. The monoisotopic (exact) mass is 287 g/mol. The summed E-state index contributed by atoms with van der Waals surface area (Å²) in [5.41, 5.74) is 2.70. The Morgan fingerprint density at radius 1 is 1.00 bits per heavy atom. The van der Waals surface area contributed by atoms with Crippen molar-refractivity contribution in [2.24, 2.45) is 0 Å². The van der Waals surface area contributed by atoms with Crippen molar-refractivity contribution in [3.8, 4) is 0 Å². The van der Waals surface area contributed by atoms with E-state index in [0.29, 0.717) is 6.04 Å². The highest BCUT2D eigenvalue weighted by Crippen LogP contribution is 2.18. The third kappa shape index (κ3) is 4.66. The maximum absolute atomic E-state index is 5.90. The van der Waals surface area contributed by atoms with Gasteiger partial charge in [-0.1, -0.05) is 67.4 Å². The second-order valence-electron chi connectivity index (χ2n) is 5.08. The SMILES string of the molecule is CCCC(NCCc1ccc(Cl)cc1)c1ccccc1. The van der Waals surface area contributed by atoms with Gasteiger partial charge >= 0.3 is 0 Å². The van der Waals surface area contributed by atoms with E-state index in [2.05, 4.69) is 54.7 Å². The van der Waals surface area contributed by atoms with Gasteiger partial charge in [0.05, 0.1) is 0 Å². The van der Waals surface area contributed by atoms with Gasteiger partial charge in [-0.15, -0.1) is 0 Å². The van der Waals surface area contributed by atoms with E-state index in [0.717, 1.165) is 18.0 Å². The molecule has 20 heavy (non-hydrogen) atoms. The van der Waals surface area contributed by atoms with Crippen molar-refractivity contribution in [1.82, 2.24) is 5.32 Å². The zero-order chi connectivity index (χ0) is 14.2. The molecule has 2 heteroatoms. The smallest absolute Gasteiger partial charge is 0.0406 e. The van der Waals surface area contributed by atoms with Crippen LogP contribution < -0.4 is 5.32 Å². The highest BCUT2D eigenvalue weighted by molar-refractivity contribution is 6.30. The molecule has 0 aliphatic rings. The number of hydrogen-bond donors (Lipinski definition) is 1. The van der Waals surface area contributed by atoms with Gasteiger partial charge in [0.1, 0.15) is 0 Å². The number of halogens is 1. The Hall–Kier alpha value is -1.31. The summed E-state index contributed by atoms with van der Waals surface area (Å²) in [6.45, 7) is 3.22. The van der Waals surface area contributed by atoms with E-state index < -0.39 is 0 Å². The quantitative estimate of drug-likeness (QED) is 0.754. The molecule has 0 heterocycles. The van der Waals surface area contributed by atoms with Gasteiger partial charge in [0.2, 0.25) is 0 Å². The Labute approximate surface area is 127 Å². The van der Waals surface area contributed by atoms with Crippen molar-refractivity contribution in [3.63, 3.8) is 0 Å². The zero-order valence-electron chi connectivity index (χ0n) is 12.0. The van der Waals surface area contributed by atoms with Gasteiger partial charge in [0.15, 0.2) is 0 Å². The normalized spacial score (nSPS) is 12.3. The minimum Gasteiger partial charge on any atom is -0.310 e. The number of nitrogens with one attached hydrogen (secondary N) is 1. The summed E-state index contributed by atoms with van der Waals surface area (Å²) in [6.07, 6.45) is 3.39. The average Bonchev–Trinajstić information content (AvgIpc) is 2.49. The predicted molar refractivity (Wildman–Crippen MR) is 87.2 cm³/mol. The first kappa shape index (κ1) is 15.1. The number of benzene rings is 2. The first-order valence-corrected chi connectivity index (χ1v) is 7.70. The molecule has 0 aromatic heterocycles. The summed E-state index contributed by atoms with van der Waals surface area (Å²) in [5, 5.41) is 4.47. The van der Waals surface area contributed by atoms with Gasteiger partial charge in [0.25, 0.3) is 0 Å². The Morgan fingerprint density at radius 3 is 2.35 bits per heavy atom. The van der Waals surface area contributed by atoms with E-state index in [-0.39, 0.29) is 0 Å². The van der Waals surface area contributed by atoms with E-state index in [4.69, 9.17) is 11.6 Å². The summed E-state index contributed by atoms with van der Waals surface area (Å²) in [7, 11) is 0. The lowest BCUT2D eigenvalue weighted by Crippen LogP contribution is -2.23. The van der Waals surface area contributed by atoms with Crippen LogP contribution in [0.5, 0.6) is 0 Å². The van der Waals surface area contributed by atoms with Crippen LogP contribution in [0.15, 0.2) is 54.6 Å². The van der Waals surface area contributed by atoms with Crippen molar-refractivity contribution >= 4 is 11.6 Å². The van der Waals surface area contributed by atoms with Crippen LogP contribution in [0.4, 0.5) is 0 Å². The molecule has 0 spiro atoms. The first-order valence-electron chi connectivity index (χ1n) is 7.32. The van der Waals surface area contributed by atoms with E-state index in [9.17, 15) is 0 Å². The summed E-state index contributed by atoms with van der Waals surface area (Å²) < 4.78 is 0. The first-order chi connectivity index (χ1) is 9.79. The molecule has 0 amide bonds. The molecular formula is C18H22ClN. The van der Waals surface area contributed by atoms with Gasteiger partial charge in [-0.3, -0.25) is 0 Å². The van der Waals surface area contributed by atoms with Crippen LogP contribution in [-0.2, 0) is 6.42 Å². The molecule has 2 rings (SSSR count). The number of rotatable bonds is 7. The van der Waals surface area contributed by atoms with Gasteiger partial charge in [-0.25, -0.2) is 0 Å². The summed E-state index contributed by atoms with van der Waals surface area (Å²) in [6, 6.07) is 19.3. The van der Waals surface area contributed by atoms with Crippen LogP contribution in [0.2, 0.25) is 5.02 Å². The molecule has 0 saturated carbocycles. The fraction of sp³-hybridized carbons (Fsp3) is 0.333. The Balaban J connectivity index is 1.88. The lowest BCUT2D eigenvalue weighted by atomic mass is 10.0. The van der Waals surface area contributed by atoms with Gasteiger partial charge < -0.3 is 5.32 Å². The van der Waals surface area contributed by atoms with Crippen LogP contribution in [0.1, 0.15) is 36.9 Å². The molecule has 106 valence electrons. The Kier molecular flexibility index (Phi) is 6.10. The molecule has 0 radical (unpaired) electrons. The minimum absolute atomic E-state index is 0.452. The van der Waals surface area contributed by atoms with Crippen molar-refractivity contribution in [3.05, 3.63) is 70.7 Å². The Morgan fingerprint density at radius 2 is 1.70 bits per heavy atom. The van der Waals surface area contributed by atoms with E-state index >= 15 is 0 Å². The van der Waals surface area contributed by atoms with Crippen LogP contribution in [-0.4, -0.2) is 6.54 Å². The second-order valence-corrected chi connectivity index (χ2v) is 5.52. The molecule has 1 nitrogen and oxygen atoms in total. The van der Waals surface area contributed by atoms with Crippen LogP contribution in [0.25, 0.3) is 0 Å². The maximum Gasteiger partial charge on any atom is 0.0406 e. The topological polar surface area (TPSA) is 12.0 Å². The third-order valence-electron chi connectivity index (χ3n) is 3.50. The van der Waals surface area contributed by atoms with Crippen LogP contribution in [0, 0.1) is 0 Å². The third-order valence-corrected chi connectivity index (χ3v) is 3.75. The van der Waals surface area contributed by atoms with Crippen LogP contribution in [0.3, 0.4) is 0 Å². The Bertz CT molecular complexity index is 493. The molecule has 1 unspecified atom stereocenters. The molecule has 0 bridgehead atoms. The molecule has 1 atom stereocenters. The largest absolute Gasteiger partial charge is 0.310 e. The molecule has 0 saturated heterocycles. The lowest BCUT2D eigenvalue weighted by molar-refractivity contribution is 0.497. The van der Waals surface area contributed by atoms with E-state index in [1.165, 1.54) is 24.0 Å². The predicted octanol–water partition coefficient (Wildman–Crippen LogP) is 5.01. The second kappa shape index (κ2) is 8.08. The van der Waals surface area contributed by atoms with Gasteiger partial charge in [-0.05, 0) is 42.6 Å². The summed E-state index contributed by atoms with van der Waals surface area (Å²) >= 11 is 5.90. The van der Waals surface area contributed by atoms with Crippen molar-refractivity contribution < 1.29 is 0 Å². The molecule has 0 aliphatic carbocycles. The average molecular weight is 288 g/mol. The summed E-state index contributed by atoms with van der Waals surface area (Å²) in [4.78, 5) is 0. The highest BCUT2D eigenvalue weighted by atomic mass is 35.5. The molecule has 2 aromatic rings. The minimum atomic E-state index is 0.452. The molecule has 1 N–H and O–H groups in total. The molecular weight excluding hydrogens is 266 g/mol. The molecule has 0 fully saturated rings. The van der Waals surface area contributed by atoms with E-state index in [1.54, 1.807) is 0 Å². The standard InChI is InChI=1S/C18H22ClN/c1-2-6-18(16-7-4-3-5-8-16)20-14-13-15-9-11-17(19)12-10-15/h3-5,7-12,18,20H,2,6,13-14H2,1H3. The summed E-state index contributed by atoms with van der Waals surface area (Å²) in [5.74, 6) is 0. The lowest BCUT2D eigenvalue weighted by Gasteiger charge is -2.18.